The van der Waals surface area contributed by atoms with Gasteiger partial charge in [-0.05, 0) is 25.3 Å². The van der Waals surface area contributed by atoms with E-state index >= 15 is 0 Å². The minimum atomic E-state index is 0.223. The van der Waals surface area contributed by atoms with Gasteiger partial charge in [-0.15, -0.1) is 0 Å². The summed E-state index contributed by atoms with van der Waals surface area (Å²) in [5.74, 6) is 0.494. The molecule has 1 unspecified atom stereocenters. The van der Waals surface area contributed by atoms with Crippen molar-refractivity contribution in [3.05, 3.63) is 35.4 Å². The van der Waals surface area contributed by atoms with Gasteiger partial charge in [0.25, 0.3) is 0 Å². The highest BCUT2D eigenvalue weighted by Gasteiger charge is 2.30. The van der Waals surface area contributed by atoms with Crippen molar-refractivity contribution in [2.75, 3.05) is 32.8 Å². The van der Waals surface area contributed by atoms with Gasteiger partial charge in [-0.1, -0.05) is 29.8 Å². The number of ether oxygens (including phenoxy) is 1. The number of rotatable bonds is 5. The number of hydrogen-bond acceptors (Lipinski definition) is 3. The van der Waals surface area contributed by atoms with E-state index in [1.807, 2.05) is 0 Å². The number of carbonyl (C=O) groups is 1. The Morgan fingerprint density at radius 2 is 1.95 bits per heavy atom. The molecule has 0 bridgehead atoms. The molecule has 1 N–H and O–H groups in total. The van der Waals surface area contributed by atoms with Gasteiger partial charge in [0, 0.05) is 25.6 Å². The lowest BCUT2D eigenvalue weighted by Gasteiger charge is -2.35. The SMILES string of the molecule is Cc1ccc(C(CNC(=O)C2CC2)N2CCOCC2)cc1. The van der Waals surface area contributed by atoms with Crippen LogP contribution in [0.25, 0.3) is 0 Å². The maximum absolute atomic E-state index is 11.9. The van der Waals surface area contributed by atoms with E-state index in [-0.39, 0.29) is 17.9 Å². The van der Waals surface area contributed by atoms with Crippen molar-refractivity contribution in [3.63, 3.8) is 0 Å². The molecule has 0 aromatic heterocycles. The van der Waals surface area contributed by atoms with Crippen LogP contribution in [-0.2, 0) is 9.53 Å². The zero-order valence-corrected chi connectivity index (χ0v) is 12.7. The van der Waals surface area contributed by atoms with Gasteiger partial charge in [0.15, 0.2) is 0 Å². The molecule has 0 spiro atoms. The van der Waals surface area contributed by atoms with Crippen molar-refractivity contribution in [2.45, 2.75) is 25.8 Å². The third kappa shape index (κ3) is 3.83. The fourth-order valence-electron chi connectivity index (χ4n) is 2.82. The van der Waals surface area contributed by atoms with Crippen LogP contribution >= 0.6 is 0 Å². The van der Waals surface area contributed by atoms with Crippen molar-refractivity contribution < 1.29 is 9.53 Å². The molecule has 1 aliphatic heterocycles. The van der Waals surface area contributed by atoms with Crippen molar-refractivity contribution >= 4 is 5.91 Å². The number of carbonyl (C=O) groups excluding carboxylic acids is 1. The quantitative estimate of drug-likeness (QED) is 0.899. The first-order valence-corrected chi connectivity index (χ1v) is 7.90. The van der Waals surface area contributed by atoms with Crippen LogP contribution in [0.5, 0.6) is 0 Å². The van der Waals surface area contributed by atoms with Crippen LogP contribution in [0.15, 0.2) is 24.3 Å². The van der Waals surface area contributed by atoms with Gasteiger partial charge < -0.3 is 10.1 Å². The Labute approximate surface area is 126 Å². The van der Waals surface area contributed by atoms with E-state index in [4.69, 9.17) is 4.74 Å². The maximum atomic E-state index is 11.9. The van der Waals surface area contributed by atoms with Crippen LogP contribution in [0.3, 0.4) is 0 Å². The summed E-state index contributed by atoms with van der Waals surface area (Å²) in [5.41, 5.74) is 2.54. The summed E-state index contributed by atoms with van der Waals surface area (Å²) >= 11 is 0. The van der Waals surface area contributed by atoms with Crippen molar-refractivity contribution in [1.29, 1.82) is 0 Å². The zero-order valence-electron chi connectivity index (χ0n) is 12.7. The number of nitrogens with one attached hydrogen (secondary N) is 1. The van der Waals surface area contributed by atoms with Gasteiger partial charge in [0.05, 0.1) is 19.3 Å². The molecule has 1 atom stereocenters. The molecular formula is C17H24N2O2. The third-order valence-corrected chi connectivity index (χ3v) is 4.37. The molecule has 1 saturated carbocycles. The molecule has 3 rings (SSSR count). The smallest absolute Gasteiger partial charge is 0.223 e. The van der Waals surface area contributed by atoms with E-state index in [1.165, 1.54) is 11.1 Å². The number of nitrogens with zero attached hydrogens (tertiary/aromatic N) is 1. The van der Waals surface area contributed by atoms with Gasteiger partial charge in [0.1, 0.15) is 0 Å². The summed E-state index contributed by atoms with van der Waals surface area (Å²) in [5, 5.41) is 3.13. The molecule has 21 heavy (non-hydrogen) atoms. The van der Waals surface area contributed by atoms with Crippen molar-refractivity contribution in [2.24, 2.45) is 5.92 Å². The van der Waals surface area contributed by atoms with E-state index in [0.29, 0.717) is 6.54 Å². The second-order valence-electron chi connectivity index (χ2n) is 6.09. The topological polar surface area (TPSA) is 41.6 Å². The highest BCUT2D eigenvalue weighted by Crippen LogP contribution is 2.29. The fourth-order valence-corrected chi connectivity index (χ4v) is 2.82. The summed E-state index contributed by atoms with van der Waals surface area (Å²) in [6, 6.07) is 8.89. The average Bonchev–Trinajstić information content (AvgIpc) is 3.35. The average molecular weight is 288 g/mol. The van der Waals surface area contributed by atoms with E-state index < -0.39 is 0 Å². The summed E-state index contributed by atoms with van der Waals surface area (Å²) in [4.78, 5) is 14.3. The van der Waals surface area contributed by atoms with E-state index in [0.717, 1.165) is 39.1 Å². The molecule has 4 nitrogen and oxygen atoms in total. The van der Waals surface area contributed by atoms with Crippen LogP contribution in [0.2, 0.25) is 0 Å². The summed E-state index contributed by atoms with van der Waals surface area (Å²) in [6.07, 6.45) is 2.11. The summed E-state index contributed by atoms with van der Waals surface area (Å²) < 4.78 is 5.45. The third-order valence-electron chi connectivity index (χ3n) is 4.37. The standard InChI is InChI=1S/C17H24N2O2/c1-13-2-4-14(5-3-13)16(19-8-10-21-11-9-19)12-18-17(20)15-6-7-15/h2-5,15-16H,6-12H2,1H3,(H,18,20). The predicted octanol–water partition coefficient (Wildman–Crippen LogP) is 1.89. The largest absolute Gasteiger partial charge is 0.379 e. The molecule has 1 aromatic rings. The Kier molecular flexibility index (Phi) is 4.56. The normalized spacial score (nSPS) is 21.0. The van der Waals surface area contributed by atoms with Crippen LogP contribution in [0.1, 0.15) is 30.0 Å². The first-order valence-electron chi connectivity index (χ1n) is 7.90. The molecular weight excluding hydrogens is 264 g/mol. The number of amides is 1. The lowest BCUT2D eigenvalue weighted by atomic mass is 10.0. The summed E-state index contributed by atoms with van der Waals surface area (Å²) in [6.45, 7) is 6.20. The minimum absolute atomic E-state index is 0.223. The molecule has 1 aliphatic carbocycles. The first kappa shape index (κ1) is 14.5. The van der Waals surface area contributed by atoms with Gasteiger partial charge in [0.2, 0.25) is 5.91 Å². The Balaban J connectivity index is 1.69. The lowest BCUT2D eigenvalue weighted by Crippen LogP contribution is -2.44. The van der Waals surface area contributed by atoms with E-state index in [2.05, 4.69) is 41.4 Å². The second-order valence-corrected chi connectivity index (χ2v) is 6.09. The molecule has 1 aromatic carbocycles. The lowest BCUT2D eigenvalue weighted by molar-refractivity contribution is -0.122. The highest BCUT2D eigenvalue weighted by molar-refractivity contribution is 5.80. The highest BCUT2D eigenvalue weighted by atomic mass is 16.5. The molecule has 4 heteroatoms. The number of hydrogen-bond donors (Lipinski definition) is 1. The summed E-state index contributed by atoms with van der Waals surface area (Å²) in [7, 11) is 0. The van der Waals surface area contributed by atoms with Crippen molar-refractivity contribution in [1.82, 2.24) is 10.2 Å². The Bertz CT molecular complexity index is 476. The molecule has 1 saturated heterocycles. The Morgan fingerprint density at radius 1 is 1.29 bits per heavy atom. The monoisotopic (exact) mass is 288 g/mol. The number of benzene rings is 1. The van der Waals surface area contributed by atoms with Gasteiger partial charge in [-0.25, -0.2) is 0 Å². The van der Waals surface area contributed by atoms with Gasteiger partial charge in [-0.2, -0.15) is 0 Å². The van der Waals surface area contributed by atoms with Gasteiger partial charge in [-0.3, -0.25) is 9.69 Å². The first-order chi connectivity index (χ1) is 10.2. The van der Waals surface area contributed by atoms with Gasteiger partial charge >= 0.3 is 0 Å². The number of aryl methyl sites for hydroxylation is 1. The maximum Gasteiger partial charge on any atom is 0.223 e. The molecule has 0 radical (unpaired) electrons. The molecule has 1 amide bonds. The van der Waals surface area contributed by atoms with Crippen LogP contribution in [0.4, 0.5) is 0 Å². The molecule has 114 valence electrons. The van der Waals surface area contributed by atoms with Crippen LogP contribution < -0.4 is 5.32 Å². The Hall–Kier alpha value is -1.39. The molecule has 1 heterocycles. The van der Waals surface area contributed by atoms with E-state index in [9.17, 15) is 4.79 Å². The zero-order chi connectivity index (χ0) is 14.7. The predicted molar refractivity (Wildman–Crippen MR) is 82.0 cm³/mol. The van der Waals surface area contributed by atoms with E-state index in [1.54, 1.807) is 0 Å². The van der Waals surface area contributed by atoms with Crippen LogP contribution in [-0.4, -0.2) is 43.7 Å². The van der Waals surface area contributed by atoms with Crippen LogP contribution in [0, 0.1) is 12.8 Å². The molecule has 2 fully saturated rings. The minimum Gasteiger partial charge on any atom is -0.379 e. The van der Waals surface area contributed by atoms with Crippen molar-refractivity contribution in [3.8, 4) is 0 Å². The number of morpholine rings is 1. The second kappa shape index (κ2) is 6.58. The molecule has 2 aliphatic rings. The Morgan fingerprint density at radius 3 is 2.57 bits per heavy atom. The fraction of sp³-hybridized carbons (Fsp3) is 0.588.